The third kappa shape index (κ3) is 1.99. The van der Waals surface area contributed by atoms with Gasteiger partial charge in [0.15, 0.2) is 0 Å². The summed E-state index contributed by atoms with van der Waals surface area (Å²) < 4.78 is 15.4. The second-order valence-electron chi connectivity index (χ2n) is 4.82. The molecule has 0 radical (unpaired) electrons. The van der Waals surface area contributed by atoms with Gasteiger partial charge in [0.1, 0.15) is 5.82 Å². The van der Waals surface area contributed by atoms with Gasteiger partial charge >= 0.3 is 0 Å². The van der Waals surface area contributed by atoms with Crippen molar-refractivity contribution >= 4 is 22.5 Å². The fourth-order valence-corrected chi connectivity index (χ4v) is 2.93. The van der Waals surface area contributed by atoms with E-state index in [2.05, 4.69) is 0 Å². The van der Waals surface area contributed by atoms with Crippen molar-refractivity contribution in [1.29, 1.82) is 0 Å². The third-order valence-corrected chi connectivity index (χ3v) is 3.74. The molecule has 0 fully saturated rings. The van der Waals surface area contributed by atoms with Gasteiger partial charge in [0.25, 0.3) is 0 Å². The summed E-state index contributed by atoms with van der Waals surface area (Å²) >= 11 is 6.45. The maximum Gasteiger partial charge on any atom is 0.125 e. The van der Waals surface area contributed by atoms with Crippen molar-refractivity contribution in [3.05, 3.63) is 65.1 Å². The van der Waals surface area contributed by atoms with Gasteiger partial charge in [0.05, 0.1) is 16.2 Å². The summed E-state index contributed by atoms with van der Waals surface area (Å²) in [4.78, 5) is 0. The number of benzene rings is 2. The molecule has 2 N–H and O–H groups in total. The Hall–Kier alpha value is -1.84. The number of nitrogens with two attached hydrogens (primary N) is 1. The zero-order valence-corrected chi connectivity index (χ0v) is 11.7. The number of fused-ring (bicyclic) bond motifs is 1. The molecule has 1 atom stereocenters. The van der Waals surface area contributed by atoms with E-state index in [9.17, 15) is 4.39 Å². The summed E-state index contributed by atoms with van der Waals surface area (Å²) in [5.74, 6) is -0.285. The summed E-state index contributed by atoms with van der Waals surface area (Å²) in [6.07, 6.45) is 0. The Kier molecular flexibility index (Phi) is 3.24. The summed E-state index contributed by atoms with van der Waals surface area (Å²) in [6, 6.07) is 13.9. The van der Waals surface area contributed by atoms with Crippen LogP contribution in [-0.4, -0.2) is 4.57 Å². The first kappa shape index (κ1) is 13.2. The fraction of sp³-hybridized carbons (Fsp3) is 0.125. The molecule has 3 aromatic rings. The molecule has 2 aromatic carbocycles. The van der Waals surface area contributed by atoms with Crippen LogP contribution in [0.4, 0.5) is 4.39 Å². The maximum absolute atomic E-state index is 13.5. The van der Waals surface area contributed by atoms with Crippen LogP contribution in [0.5, 0.6) is 0 Å². The summed E-state index contributed by atoms with van der Waals surface area (Å²) in [5, 5.41) is 1.55. The van der Waals surface area contributed by atoms with Gasteiger partial charge < -0.3 is 10.3 Å². The Balaban J connectivity index is 2.41. The fourth-order valence-electron chi connectivity index (χ4n) is 2.52. The number of hydrogen-bond donors (Lipinski definition) is 1. The van der Waals surface area contributed by atoms with Crippen LogP contribution in [0.25, 0.3) is 16.6 Å². The lowest BCUT2D eigenvalue weighted by atomic mass is 10.2. The standard InChI is InChI=1S/C16H14ClFN2/c1-10(19)16-15(17)13-7-2-3-8-14(13)20(16)12-6-4-5-11(18)9-12/h2-10H,19H2,1H3. The Labute approximate surface area is 121 Å². The van der Waals surface area contributed by atoms with E-state index in [1.807, 2.05) is 41.8 Å². The molecule has 0 saturated carbocycles. The molecule has 1 heterocycles. The van der Waals surface area contributed by atoms with E-state index in [1.54, 1.807) is 6.07 Å². The largest absolute Gasteiger partial charge is 0.323 e. The molecule has 0 amide bonds. The maximum atomic E-state index is 13.5. The van der Waals surface area contributed by atoms with Crippen LogP contribution in [0.1, 0.15) is 18.7 Å². The summed E-state index contributed by atoms with van der Waals surface area (Å²) in [6.45, 7) is 1.87. The van der Waals surface area contributed by atoms with Crippen LogP contribution < -0.4 is 5.73 Å². The monoisotopic (exact) mass is 288 g/mol. The van der Waals surface area contributed by atoms with Crippen molar-refractivity contribution in [2.24, 2.45) is 5.73 Å². The molecule has 3 rings (SSSR count). The Morgan fingerprint density at radius 2 is 1.90 bits per heavy atom. The number of aromatic nitrogens is 1. The van der Waals surface area contributed by atoms with Gasteiger partial charge in [-0.2, -0.15) is 0 Å². The van der Waals surface area contributed by atoms with E-state index >= 15 is 0 Å². The lowest BCUT2D eigenvalue weighted by Crippen LogP contribution is -2.11. The van der Waals surface area contributed by atoms with E-state index in [-0.39, 0.29) is 11.9 Å². The van der Waals surface area contributed by atoms with E-state index in [0.29, 0.717) is 5.02 Å². The minimum absolute atomic E-state index is 0.252. The van der Waals surface area contributed by atoms with Crippen LogP contribution in [0.3, 0.4) is 0 Å². The topological polar surface area (TPSA) is 30.9 Å². The molecule has 4 heteroatoms. The first-order chi connectivity index (χ1) is 9.59. The lowest BCUT2D eigenvalue weighted by molar-refractivity contribution is 0.626. The zero-order chi connectivity index (χ0) is 14.3. The van der Waals surface area contributed by atoms with E-state index < -0.39 is 0 Å². The first-order valence-corrected chi connectivity index (χ1v) is 6.77. The molecule has 0 saturated heterocycles. The number of para-hydroxylation sites is 1. The van der Waals surface area contributed by atoms with Gasteiger partial charge in [-0.1, -0.05) is 35.9 Å². The van der Waals surface area contributed by atoms with Crippen LogP contribution in [0.2, 0.25) is 5.02 Å². The van der Waals surface area contributed by atoms with Crippen molar-refractivity contribution in [3.63, 3.8) is 0 Å². The lowest BCUT2D eigenvalue weighted by Gasteiger charge is -2.14. The molecule has 1 unspecified atom stereocenters. The van der Waals surface area contributed by atoms with E-state index in [0.717, 1.165) is 22.3 Å². The summed E-state index contributed by atoms with van der Waals surface area (Å²) in [5.41, 5.74) is 8.49. The van der Waals surface area contributed by atoms with E-state index in [1.165, 1.54) is 12.1 Å². The van der Waals surface area contributed by atoms with Gasteiger partial charge in [-0.3, -0.25) is 0 Å². The van der Waals surface area contributed by atoms with Gasteiger partial charge in [-0.15, -0.1) is 0 Å². The molecular weight excluding hydrogens is 275 g/mol. The minimum atomic E-state index is -0.285. The molecule has 0 bridgehead atoms. The molecule has 0 aliphatic carbocycles. The van der Waals surface area contributed by atoms with Gasteiger partial charge in [-0.25, -0.2) is 4.39 Å². The average Bonchev–Trinajstić information content (AvgIpc) is 2.73. The number of halogens is 2. The van der Waals surface area contributed by atoms with Crippen molar-refractivity contribution in [3.8, 4) is 5.69 Å². The highest BCUT2D eigenvalue weighted by Gasteiger charge is 2.19. The number of rotatable bonds is 2. The van der Waals surface area contributed by atoms with E-state index in [4.69, 9.17) is 17.3 Å². The normalized spacial score (nSPS) is 12.8. The molecule has 0 aliphatic rings. The molecule has 0 spiro atoms. The molecule has 0 aliphatic heterocycles. The first-order valence-electron chi connectivity index (χ1n) is 6.40. The number of nitrogens with zero attached hydrogens (tertiary/aromatic N) is 1. The van der Waals surface area contributed by atoms with Crippen molar-refractivity contribution < 1.29 is 4.39 Å². The van der Waals surface area contributed by atoms with Crippen molar-refractivity contribution in [2.75, 3.05) is 0 Å². The smallest absolute Gasteiger partial charge is 0.125 e. The Morgan fingerprint density at radius 3 is 2.60 bits per heavy atom. The molecule has 20 heavy (non-hydrogen) atoms. The molecule has 102 valence electrons. The van der Waals surface area contributed by atoms with Crippen molar-refractivity contribution in [1.82, 2.24) is 4.57 Å². The number of hydrogen-bond acceptors (Lipinski definition) is 1. The Morgan fingerprint density at radius 1 is 1.15 bits per heavy atom. The van der Waals surface area contributed by atoms with Crippen LogP contribution in [-0.2, 0) is 0 Å². The van der Waals surface area contributed by atoms with Crippen LogP contribution >= 0.6 is 11.6 Å². The van der Waals surface area contributed by atoms with Crippen molar-refractivity contribution in [2.45, 2.75) is 13.0 Å². The average molecular weight is 289 g/mol. The predicted octanol–water partition coefficient (Wildman–Crippen LogP) is 4.44. The molecule has 1 aromatic heterocycles. The predicted molar refractivity (Wildman–Crippen MR) is 80.8 cm³/mol. The Bertz CT molecular complexity index is 777. The SMILES string of the molecule is CC(N)c1c(Cl)c2ccccc2n1-c1cccc(F)c1. The highest BCUT2D eigenvalue weighted by molar-refractivity contribution is 6.36. The second-order valence-corrected chi connectivity index (χ2v) is 5.20. The van der Waals surface area contributed by atoms with Gasteiger partial charge in [-0.05, 0) is 31.2 Å². The second kappa shape index (κ2) is 4.93. The van der Waals surface area contributed by atoms with Crippen LogP contribution in [0.15, 0.2) is 48.5 Å². The van der Waals surface area contributed by atoms with Gasteiger partial charge in [0, 0.05) is 17.1 Å². The quantitative estimate of drug-likeness (QED) is 0.742. The zero-order valence-electron chi connectivity index (χ0n) is 11.0. The molecule has 2 nitrogen and oxygen atoms in total. The van der Waals surface area contributed by atoms with Gasteiger partial charge in [0.2, 0.25) is 0 Å². The molecular formula is C16H14ClFN2. The minimum Gasteiger partial charge on any atom is -0.323 e. The highest BCUT2D eigenvalue weighted by atomic mass is 35.5. The van der Waals surface area contributed by atoms with Crippen LogP contribution in [0, 0.1) is 5.82 Å². The highest BCUT2D eigenvalue weighted by Crippen LogP contribution is 2.35. The third-order valence-electron chi connectivity index (χ3n) is 3.34. The summed E-state index contributed by atoms with van der Waals surface area (Å²) in [7, 11) is 0.